The lowest BCUT2D eigenvalue weighted by atomic mass is 10.1. The van der Waals surface area contributed by atoms with Crippen molar-refractivity contribution >= 4 is 11.5 Å². The van der Waals surface area contributed by atoms with Crippen LogP contribution in [-0.2, 0) is 0 Å². The van der Waals surface area contributed by atoms with E-state index in [0.717, 1.165) is 12.3 Å². The zero-order valence-corrected chi connectivity index (χ0v) is 11.1. The summed E-state index contributed by atoms with van der Waals surface area (Å²) in [6.45, 7) is 4.65. The van der Waals surface area contributed by atoms with E-state index in [-0.39, 0.29) is 0 Å². The first kappa shape index (κ1) is 12.9. The Morgan fingerprint density at radius 3 is 2.83 bits per heavy atom. The van der Waals surface area contributed by atoms with E-state index in [2.05, 4.69) is 22.2 Å². The highest BCUT2D eigenvalue weighted by Gasteiger charge is 2.25. The van der Waals surface area contributed by atoms with Crippen molar-refractivity contribution in [3.8, 4) is 5.88 Å². The van der Waals surface area contributed by atoms with Crippen LogP contribution in [-0.4, -0.2) is 22.6 Å². The van der Waals surface area contributed by atoms with E-state index in [1.165, 1.54) is 25.6 Å². The van der Waals surface area contributed by atoms with Gasteiger partial charge < -0.3 is 15.8 Å². The maximum absolute atomic E-state index is 6.01. The van der Waals surface area contributed by atoms with Crippen LogP contribution in [0.5, 0.6) is 5.88 Å². The Morgan fingerprint density at radius 2 is 2.22 bits per heavy atom. The third-order valence-electron chi connectivity index (χ3n) is 3.28. The number of hydrogen-bond donors (Lipinski definition) is 2. The smallest absolute Gasteiger partial charge is 0.242 e. The predicted molar refractivity (Wildman–Crippen MR) is 72.7 cm³/mol. The van der Waals surface area contributed by atoms with E-state index in [9.17, 15) is 0 Å². The molecule has 0 amide bonds. The number of nitrogen functional groups attached to an aromatic ring is 1. The number of hydrogen-bond acceptors (Lipinski definition) is 5. The Balaban J connectivity index is 2.04. The summed E-state index contributed by atoms with van der Waals surface area (Å²) in [7, 11) is 0. The van der Waals surface area contributed by atoms with Gasteiger partial charge in [-0.05, 0) is 25.7 Å². The van der Waals surface area contributed by atoms with Crippen LogP contribution in [0.3, 0.4) is 0 Å². The average molecular weight is 250 g/mol. The van der Waals surface area contributed by atoms with Crippen LogP contribution in [0.1, 0.15) is 39.5 Å². The zero-order chi connectivity index (χ0) is 13.0. The normalized spacial score (nSPS) is 16.3. The second-order valence-electron chi connectivity index (χ2n) is 4.80. The first-order valence-electron chi connectivity index (χ1n) is 6.74. The van der Waals surface area contributed by atoms with Crippen LogP contribution in [0, 0.1) is 5.92 Å². The maximum atomic E-state index is 6.01. The van der Waals surface area contributed by atoms with Crippen molar-refractivity contribution in [1.29, 1.82) is 0 Å². The molecular weight excluding hydrogens is 228 g/mol. The summed E-state index contributed by atoms with van der Waals surface area (Å²) < 4.78 is 5.37. The van der Waals surface area contributed by atoms with Crippen molar-refractivity contribution < 1.29 is 4.74 Å². The summed E-state index contributed by atoms with van der Waals surface area (Å²) in [6.07, 6.45) is 6.49. The zero-order valence-electron chi connectivity index (χ0n) is 11.1. The molecule has 1 aliphatic rings. The van der Waals surface area contributed by atoms with Crippen molar-refractivity contribution in [2.24, 2.45) is 5.92 Å². The minimum atomic E-state index is 0.434. The molecule has 0 aromatic carbocycles. The van der Waals surface area contributed by atoms with Crippen molar-refractivity contribution in [1.82, 2.24) is 9.97 Å². The molecule has 0 bridgehead atoms. The number of rotatable bonds is 7. The third-order valence-corrected chi connectivity index (χ3v) is 3.28. The lowest BCUT2D eigenvalue weighted by molar-refractivity contribution is 0.328. The molecule has 5 heteroatoms. The van der Waals surface area contributed by atoms with Gasteiger partial charge in [0.15, 0.2) is 5.82 Å². The first-order chi connectivity index (χ1) is 8.74. The van der Waals surface area contributed by atoms with Crippen LogP contribution >= 0.6 is 0 Å². The standard InChI is InChI=1S/C13H22N4O/c1-3-10(7-9-5-6-9)17-12-11(14)13(18-4-2)16-8-15-12/h8-10H,3-7,14H2,1-2H3,(H,15,16,17). The molecule has 0 aliphatic heterocycles. The minimum absolute atomic E-state index is 0.434. The van der Waals surface area contributed by atoms with E-state index in [1.807, 2.05) is 6.92 Å². The molecule has 1 aromatic heterocycles. The van der Waals surface area contributed by atoms with E-state index in [0.29, 0.717) is 30.0 Å². The molecule has 1 saturated carbocycles. The van der Waals surface area contributed by atoms with E-state index < -0.39 is 0 Å². The van der Waals surface area contributed by atoms with Gasteiger partial charge in [-0.2, -0.15) is 4.98 Å². The highest BCUT2D eigenvalue weighted by molar-refractivity contribution is 5.66. The maximum Gasteiger partial charge on any atom is 0.242 e. The number of aromatic nitrogens is 2. The van der Waals surface area contributed by atoms with E-state index in [1.54, 1.807) is 0 Å². The van der Waals surface area contributed by atoms with Crippen molar-refractivity contribution in [2.45, 2.75) is 45.6 Å². The first-order valence-corrected chi connectivity index (χ1v) is 6.74. The molecule has 1 aliphatic carbocycles. The number of anilines is 2. The molecule has 1 fully saturated rings. The summed E-state index contributed by atoms with van der Waals surface area (Å²) in [5.41, 5.74) is 6.51. The Kier molecular flexibility index (Phi) is 4.23. The van der Waals surface area contributed by atoms with Gasteiger partial charge in [-0.25, -0.2) is 4.98 Å². The highest BCUT2D eigenvalue weighted by Crippen LogP contribution is 2.35. The molecule has 1 atom stereocenters. The van der Waals surface area contributed by atoms with Crippen molar-refractivity contribution in [3.63, 3.8) is 0 Å². The highest BCUT2D eigenvalue weighted by atomic mass is 16.5. The number of ether oxygens (including phenoxy) is 1. The second kappa shape index (κ2) is 5.89. The van der Waals surface area contributed by atoms with Gasteiger partial charge >= 0.3 is 0 Å². The fourth-order valence-corrected chi connectivity index (χ4v) is 2.02. The SMILES string of the molecule is CCOc1ncnc(NC(CC)CC2CC2)c1N. The summed E-state index contributed by atoms with van der Waals surface area (Å²) in [6, 6.07) is 0.434. The lowest BCUT2D eigenvalue weighted by Crippen LogP contribution is -2.21. The second-order valence-corrected chi connectivity index (χ2v) is 4.80. The van der Waals surface area contributed by atoms with Crippen molar-refractivity contribution in [3.05, 3.63) is 6.33 Å². The molecule has 5 nitrogen and oxygen atoms in total. The average Bonchev–Trinajstić information content (AvgIpc) is 3.17. The third kappa shape index (κ3) is 3.24. The fourth-order valence-electron chi connectivity index (χ4n) is 2.02. The van der Waals surface area contributed by atoms with Gasteiger partial charge in [-0.15, -0.1) is 0 Å². The fraction of sp³-hybridized carbons (Fsp3) is 0.692. The Morgan fingerprint density at radius 1 is 1.44 bits per heavy atom. The molecule has 0 spiro atoms. The largest absolute Gasteiger partial charge is 0.476 e. The molecule has 100 valence electrons. The number of nitrogens with one attached hydrogen (secondary N) is 1. The van der Waals surface area contributed by atoms with Crippen molar-refractivity contribution in [2.75, 3.05) is 17.7 Å². The monoisotopic (exact) mass is 250 g/mol. The number of nitrogens with two attached hydrogens (primary N) is 1. The number of nitrogens with zero attached hydrogens (tertiary/aromatic N) is 2. The molecule has 1 aromatic rings. The van der Waals surface area contributed by atoms with Gasteiger partial charge in [0.05, 0.1) is 6.61 Å². The quantitative estimate of drug-likeness (QED) is 0.777. The molecule has 18 heavy (non-hydrogen) atoms. The van der Waals surface area contributed by atoms with E-state index >= 15 is 0 Å². The van der Waals surface area contributed by atoms with Gasteiger partial charge in [0.1, 0.15) is 12.0 Å². The van der Waals surface area contributed by atoms with Gasteiger partial charge in [-0.1, -0.05) is 19.8 Å². The molecule has 0 radical (unpaired) electrons. The molecule has 1 heterocycles. The Bertz CT molecular complexity index is 393. The summed E-state index contributed by atoms with van der Waals surface area (Å²) >= 11 is 0. The predicted octanol–water partition coefficient (Wildman–Crippen LogP) is 2.45. The van der Waals surface area contributed by atoms with Gasteiger partial charge in [0.2, 0.25) is 5.88 Å². The van der Waals surface area contributed by atoms with E-state index in [4.69, 9.17) is 10.5 Å². The topological polar surface area (TPSA) is 73.1 Å². The Labute approximate surface area is 108 Å². The van der Waals surface area contributed by atoms with Crippen LogP contribution in [0.4, 0.5) is 11.5 Å². The van der Waals surface area contributed by atoms with Crippen LogP contribution in [0.15, 0.2) is 6.33 Å². The van der Waals surface area contributed by atoms with Gasteiger partial charge in [-0.3, -0.25) is 0 Å². The summed E-state index contributed by atoms with van der Waals surface area (Å²) in [4.78, 5) is 8.25. The molecule has 2 rings (SSSR count). The molecule has 3 N–H and O–H groups in total. The summed E-state index contributed by atoms with van der Waals surface area (Å²) in [5.74, 6) is 2.05. The van der Waals surface area contributed by atoms with Gasteiger partial charge in [0, 0.05) is 6.04 Å². The summed E-state index contributed by atoms with van der Waals surface area (Å²) in [5, 5.41) is 3.41. The van der Waals surface area contributed by atoms with Crippen LogP contribution < -0.4 is 15.8 Å². The molecular formula is C13H22N4O. The lowest BCUT2D eigenvalue weighted by Gasteiger charge is -2.19. The van der Waals surface area contributed by atoms with Gasteiger partial charge in [0.25, 0.3) is 0 Å². The Hall–Kier alpha value is -1.52. The van der Waals surface area contributed by atoms with Crippen LogP contribution in [0.2, 0.25) is 0 Å². The minimum Gasteiger partial charge on any atom is -0.476 e. The van der Waals surface area contributed by atoms with Crippen LogP contribution in [0.25, 0.3) is 0 Å². The molecule has 1 unspecified atom stereocenters. The molecule has 0 saturated heterocycles.